The van der Waals surface area contributed by atoms with Gasteiger partial charge in [0, 0.05) is 17.3 Å². The van der Waals surface area contributed by atoms with Gasteiger partial charge in [0.1, 0.15) is 11.4 Å². The summed E-state index contributed by atoms with van der Waals surface area (Å²) in [5, 5.41) is 3.22. The smallest absolute Gasteiger partial charge is 0.340 e. The van der Waals surface area contributed by atoms with Gasteiger partial charge in [-0.3, -0.25) is 4.79 Å². The Bertz CT molecular complexity index is 779. The molecular formula is C17H25N3O5. The number of hydrogen-bond donors (Lipinski definition) is 1. The lowest BCUT2D eigenvalue weighted by molar-refractivity contribution is -0.149. The summed E-state index contributed by atoms with van der Waals surface area (Å²) in [5.74, 6) is -0.955. The quantitative estimate of drug-likeness (QED) is 0.802. The van der Waals surface area contributed by atoms with Crippen molar-refractivity contribution in [3.63, 3.8) is 0 Å². The van der Waals surface area contributed by atoms with E-state index in [1.165, 1.54) is 10.7 Å². The highest BCUT2D eigenvalue weighted by atomic mass is 16.5. The number of carbonyl (C=O) groups excluding carboxylic acids is 2. The fraction of sp³-hybridized carbons (Fsp3) is 0.588. The molecule has 0 radical (unpaired) electrons. The molecule has 138 valence electrons. The van der Waals surface area contributed by atoms with Crippen LogP contribution in [0.15, 0.2) is 16.4 Å². The first-order valence-electron chi connectivity index (χ1n) is 8.30. The summed E-state index contributed by atoms with van der Waals surface area (Å²) in [5.41, 5.74) is -0.113. The molecule has 2 rings (SSSR count). The molecule has 1 unspecified atom stereocenters. The zero-order chi connectivity index (χ0) is 18.9. The monoisotopic (exact) mass is 351 g/mol. The largest absolute Gasteiger partial charge is 0.464 e. The highest BCUT2D eigenvalue weighted by molar-refractivity contribution is 6.02. The SMILES string of the molecule is CCOC(=O)C1=C(NC(C)(C)C)n2c(C)cc(=O)n2C1C(=O)OCC. The van der Waals surface area contributed by atoms with Crippen LogP contribution in [-0.2, 0) is 19.1 Å². The summed E-state index contributed by atoms with van der Waals surface area (Å²) < 4.78 is 13.0. The van der Waals surface area contributed by atoms with E-state index in [1.54, 1.807) is 25.5 Å². The van der Waals surface area contributed by atoms with Crippen molar-refractivity contribution >= 4 is 17.8 Å². The van der Waals surface area contributed by atoms with Gasteiger partial charge >= 0.3 is 11.9 Å². The third kappa shape index (κ3) is 3.47. The summed E-state index contributed by atoms with van der Waals surface area (Å²) in [6.45, 7) is 11.1. The molecule has 8 heteroatoms. The zero-order valence-corrected chi connectivity index (χ0v) is 15.5. The van der Waals surface area contributed by atoms with Gasteiger partial charge < -0.3 is 14.8 Å². The number of rotatable bonds is 5. The van der Waals surface area contributed by atoms with Crippen molar-refractivity contribution in [2.75, 3.05) is 13.2 Å². The van der Waals surface area contributed by atoms with Crippen LogP contribution in [0.5, 0.6) is 0 Å². The fourth-order valence-corrected chi connectivity index (χ4v) is 2.80. The number of hydrogen-bond acceptors (Lipinski definition) is 6. The number of aryl methyl sites for hydroxylation is 1. The molecule has 1 aromatic heterocycles. The Labute approximate surface area is 146 Å². The first-order valence-corrected chi connectivity index (χ1v) is 8.30. The van der Waals surface area contributed by atoms with Crippen LogP contribution in [0.2, 0.25) is 0 Å². The van der Waals surface area contributed by atoms with Crippen LogP contribution in [0.1, 0.15) is 46.4 Å². The standard InChI is InChI=1S/C17H25N3O5/c1-7-24-15(22)12-13(16(23)25-8-2)20-11(21)9-10(3)19(20)14(12)18-17(4,5)6/h9,13,18H,7-8H2,1-6H3. The second-order valence-electron chi connectivity index (χ2n) is 6.79. The lowest BCUT2D eigenvalue weighted by Crippen LogP contribution is -2.37. The van der Waals surface area contributed by atoms with E-state index in [-0.39, 0.29) is 24.3 Å². The van der Waals surface area contributed by atoms with E-state index < -0.39 is 23.5 Å². The topological polar surface area (TPSA) is 91.6 Å². The predicted molar refractivity (Wildman–Crippen MR) is 91.8 cm³/mol. The molecule has 1 atom stereocenters. The van der Waals surface area contributed by atoms with Crippen molar-refractivity contribution in [3.05, 3.63) is 27.7 Å². The van der Waals surface area contributed by atoms with E-state index in [1.807, 2.05) is 20.8 Å². The average Bonchev–Trinajstić information content (AvgIpc) is 2.94. The fourth-order valence-electron chi connectivity index (χ4n) is 2.80. The van der Waals surface area contributed by atoms with Crippen molar-refractivity contribution in [3.8, 4) is 0 Å². The van der Waals surface area contributed by atoms with Crippen LogP contribution in [-0.4, -0.2) is 40.1 Å². The van der Waals surface area contributed by atoms with Crippen LogP contribution < -0.4 is 10.9 Å². The third-order valence-corrected chi connectivity index (χ3v) is 3.59. The van der Waals surface area contributed by atoms with Gasteiger partial charge in [-0.25, -0.2) is 19.0 Å². The normalized spacial score (nSPS) is 16.6. The first-order chi connectivity index (χ1) is 11.6. The minimum absolute atomic E-state index is 0.0797. The summed E-state index contributed by atoms with van der Waals surface area (Å²) >= 11 is 0. The highest BCUT2D eigenvalue weighted by Gasteiger charge is 2.44. The molecule has 1 aromatic rings. The van der Waals surface area contributed by atoms with E-state index in [2.05, 4.69) is 5.32 Å². The summed E-state index contributed by atoms with van der Waals surface area (Å²) in [6.07, 6.45) is 0. The average molecular weight is 351 g/mol. The maximum Gasteiger partial charge on any atom is 0.340 e. The van der Waals surface area contributed by atoms with Crippen molar-refractivity contribution in [1.82, 2.24) is 14.7 Å². The molecule has 0 aliphatic carbocycles. The van der Waals surface area contributed by atoms with Crippen molar-refractivity contribution in [1.29, 1.82) is 0 Å². The van der Waals surface area contributed by atoms with Gasteiger partial charge in [0.2, 0.25) is 0 Å². The molecule has 0 fully saturated rings. The Hall–Kier alpha value is -2.51. The van der Waals surface area contributed by atoms with Crippen LogP contribution in [0.4, 0.5) is 0 Å². The number of ether oxygens (including phenoxy) is 2. The number of nitrogens with zero attached hydrogens (tertiary/aromatic N) is 2. The van der Waals surface area contributed by atoms with E-state index in [0.29, 0.717) is 11.5 Å². The Balaban J connectivity index is 2.73. The number of nitrogens with one attached hydrogen (secondary N) is 1. The Morgan fingerprint density at radius 1 is 1.20 bits per heavy atom. The molecule has 1 aliphatic heterocycles. The maximum absolute atomic E-state index is 12.6. The molecule has 0 amide bonds. The zero-order valence-electron chi connectivity index (χ0n) is 15.5. The molecule has 0 aromatic carbocycles. The van der Waals surface area contributed by atoms with Crippen molar-refractivity contribution < 1.29 is 19.1 Å². The van der Waals surface area contributed by atoms with Gasteiger partial charge in [0.15, 0.2) is 6.04 Å². The Kier molecular flexibility index (Phi) is 5.10. The number of carbonyl (C=O) groups is 2. The van der Waals surface area contributed by atoms with Crippen LogP contribution in [0.3, 0.4) is 0 Å². The maximum atomic E-state index is 12.6. The van der Waals surface area contributed by atoms with Crippen molar-refractivity contribution in [2.24, 2.45) is 0 Å². The molecule has 8 nitrogen and oxygen atoms in total. The Morgan fingerprint density at radius 3 is 2.32 bits per heavy atom. The molecule has 0 bridgehead atoms. The number of esters is 2. The molecule has 2 heterocycles. The van der Waals surface area contributed by atoms with Gasteiger partial charge in [-0.2, -0.15) is 0 Å². The second-order valence-corrected chi connectivity index (χ2v) is 6.79. The van der Waals surface area contributed by atoms with Crippen LogP contribution in [0, 0.1) is 6.92 Å². The minimum atomic E-state index is -1.18. The number of fused-ring (bicyclic) bond motifs is 1. The minimum Gasteiger partial charge on any atom is -0.464 e. The van der Waals surface area contributed by atoms with Gasteiger partial charge in [-0.05, 0) is 41.5 Å². The molecular weight excluding hydrogens is 326 g/mol. The summed E-state index contributed by atoms with van der Waals surface area (Å²) in [4.78, 5) is 37.5. The molecule has 0 spiro atoms. The van der Waals surface area contributed by atoms with E-state index in [0.717, 1.165) is 0 Å². The molecule has 0 saturated heterocycles. The second kappa shape index (κ2) is 6.78. The van der Waals surface area contributed by atoms with Gasteiger partial charge in [0.25, 0.3) is 5.56 Å². The Morgan fingerprint density at radius 2 is 1.80 bits per heavy atom. The summed E-state index contributed by atoms with van der Waals surface area (Å²) in [6, 6.07) is 0.239. The lowest BCUT2D eigenvalue weighted by Gasteiger charge is -2.24. The van der Waals surface area contributed by atoms with Crippen molar-refractivity contribution in [2.45, 2.75) is 53.1 Å². The molecule has 0 saturated carbocycles. The van der Waals surface area contributed by atoms with Gasteiger partial charge in [-0.15, -0.1) is 0 Å². The first kappa shape index (κ1) is 18.8. The van der Waals surface area contributed by atoms with E-state index in [4.69, 9.17) is 9.47 Å². The van der Waals surface area contributed by atoms with E-state index in [9.17, 15) is 14.4 Å². The lowest BCUT2D eigenvalue weighted by atomic mass is 10.1. The van der Waals surface area contributed by atoms with Gasteiger partial charge in [-0.1, -0.05) is 0 Å². The van der Waals surface area contributed by atoms with Gasteiger partial charge in [0.05, 0.1) is 13.2 Å². The molecule has 1 aliphatic rings. The number of aromatic nitrogens is 2. The molecule has 25 heavy (non-hydrogen) atoms. The predicted octanol–water partition coefficient (Wildman–Crippen LogP) is 1.20. The third-order valence-electron chi connectivity index (χ3n) is 3.59. The van der Waals surface area contributed by atoms with Crippen LogP contribution >= 0.6 is 0 Å². The van der Waals surface area contributed by atoms with E-state index >= 15 is 0 Å². The van der Waals surface area contributed by atoms with Crippen LogP contribution in [0.25, 0.3) is 5.82 Å². The molecule has 1 N–H and O–H groups in total. The highest BCUT2D eigenvalue weighted by Crippen LogP contribution is 2.33. The summed E-state index contributed by atoms with van der Waals surface area (Å²) in [7, 11) is 0.